The minimum absolute atomic E-state index is 0.364. The molecule has 1 unspecified atom stereocenters. The number of hydrogen-bond donors (Lipinski definition) is 2. The van der Waals surface area contributed by atoms with Crippen molar-refractivity contribution in [3.63, 3.8) is 0 Å². The molecule has 0 saturated heterocycles. The fourth-order valence-corrected chi connectivity index (χ4v) is 4.83. The highest BCUT2D eigenvalue weighted by molar-refractivity contribution is 7.09. The number of halogens is 6. The van der Waals surface area contributed by atoms with Crippen LogP contribution in [0, 0.1) is 5.92 Å². The normalized spacial score (nSPS) is 18.1. The zero-order chi connectivity index (χ0) is 28.5. The van der Waals surface area contributed by atoms with E-state index in [9.17, 15) is 26.3 Å². The smallest absolute Gasteiger partial charge is 0.475 e. The lowest BCUT2D eigenvalue weighted by Gasteiger charge is -2.30. The van der Waals surface area contributed by atoms with Crippen LogP contribution in [0.1, 0.15) is 47.9 Å². The number of carboxylic acid groups (broad SMARTS) is 2. The number of aromatic nitrogens is 3. The number of ether oxygens (including phenoxy) is 1. The van der Waals surface area contributed by atoms with Gasteiger partial charge in [-0.25, -0.2) is 14.6 Å². The predicted molar refractivity (Wildman–Crippen MR) is 122 cm³/mol. The number of fused-ring (bicyclic) bond motifs is 1. The van der Waals surface area contributed by atoms with Crippen LogP contribution < -0.4 is 0 Å². The molecule has 2 aliphatic rings. The molecule has 0 bridgehead atoms. The third kappa shape index (κ3) is 10.2. The van der Waals surface area contributed by atoms with Gasteiger partial charge in [0.2, 0.25) is 0 Å². The molecule has 38 heavy (non-hydrogen) atoms. The van der Waals surface area contributed by atoms with E-state index >= 15 is 0 Å². The molecular formula is C22H28F6N4O5S. The van der Waals surface area contributed by atoms with E-state index in [1.807, 2.05) is 6.20 Å². The Morgan fingerprint density at radius 1 is 1.11 bits per heavy atom. The maximum absolute atomic E-state index is 10.6. The molecule has 214 valence electrons. The summed E-state index contributed by atoms with van der Waals surface area (Å²) in [5.41, 5.74) is 2.63. The van der Waals surface area contributed by atoms with Gasteiger partial charge >= 0.3 is 24.3 Å². The molecule has 1 fully saturated rings. The quantitative estimate of drug-likeness (QED) is 0.483. The molecule has 1 saturated carbocycles. The fraction of sp³-hybridized carbons (Fsp3) is 0.636. The third-order valence-corrected chi connectivity index (χ3v) is 6.51. The second kappa shape index (κ2) is 13.9. The van der Waals surface area contributed by atoms with Gasteiger partial charge in [-0.3, -0.25) is 9.58 Å². The number of methoxy groups -OCH3 is 1. The molecule has 0 radical (unpaired) electrons. The molecule has 0 amide bonds. The first-order valence-corrected chi connectivity index (χ1v) is 12.3. The van der Waals surface area contributed by atoms with E-state index in [1.54, 1.807) is 18.4 Å². The summed E-state index contributed by atoms with van der Waals surface area (Å²) in [4.78, 5) is 24.7. The molecular weight excluding hydrogens is 546 g/mol. The Morgan fingerprint density at radius 2 is 1.68 bits per heavy atom. The lowest BCUT2D eigenvalue weighted by Crippen LogP contribution is -2.34. The van der Waals surface area contributed by atoms with Crippen molar-refractivity contribution in [2.24, 2.45) is 5.92 Å². The van der Waals surface area contributed by atoms with Crippen LogP contribution in [0.25, 0.3) is 0 Å². The van der Waals surface area contributed by atoms with Gasteiger partial charge in [0.25, 0.3) is 0 Å². The molecule has 1 atom stereocenters. The highest BCUT2D eigenvalue weighted by atomic mass is 32.1. The highest BCUT2D eigenvalue weighted by Gasteiger charge is 2.39. The number of carbonyl (C=O) groups is 2. The van der Waals surface area contributed by atoms with Crippen molar-refractivity contribution in [2.75, 3.05) is 20.3 Å². The van der Waals surface area contributed by atoms with Gasteiger partial charge in [0.15, 0.2) is 0 Å². The molecule has 3 heterocycles. The lowest BCUT2D eigenvalue weighted by atomic mass is 9.97. The number of nitrogens with zero attached hydrogens (tertiary/aromatic N) is 4. The van der Waals surface area contributed by atoms with Crippen molar-refractivity contribution in [3.8, 4) is 0 Å². The first kappa shape index (κ1) is 31.5. The summed E-state index contributed by atoms with van der Waals surface area (Å²) in [7, 11) is 1.79. The molecule has 0 aromatic carbocycles. The van der Waals surface area contributed by atoms with E-state index in [4.69, 9.17) is 29.6 Å². The van der Waals surface area contributed by atoms with Crippen LogP contribution in [-0.4, -0.2) is 74.4 Å². The topological polar surface area (TPSA) is 118 Å². The summed E-state index contributed by atoms with van der Waals surface area (Å²) in [6, 6.07) is 0. The summed E-state index contributed by atoms with van der Waals surface area (Å²) in [5, 5.41) is 22.4. The Labute approximate surface area is 218 Å². The summed E-state index contributed by atoms with van der Waals surface area (Å²) >= 11 is 1.73. The van der Waals surface area contributed by atoms with Crippen LogP contribution in [0.15, 0.2) is 17.8 Å². The van der Waals surface area contributed by atoms with Crippen molar-refractivity contribution in [1.29, 1.82) is 0 Å². The van der Waals surface area contributed by atoms with Gasteiger partial charge in [-0.05, 0) is 18.8 Å². The zero-order valence-electron chi connectivity index (χ0n) is 20.3. The molecule has 2 N–H and O–H groups in total. The van der Waals surface area contributed by atoms with Crippen LogP contribution >= 0.6 is 11.3 Å². The number of rotatable bonds is 6. The summed E-state index contributed by atoms with van der Waals surface area (Å²) < 4.78 is 71.2. The maximum atomic E-state index is 10.6. The summed E-state index contributed by atoms with van der Waals surface area (Å²) in [6.07, 6.45) is -0.491. The van der Waals surface area contributed by atoms with Crippen LogP contribution in [0.3, 0.4) is 0 Å². The highest BCUT2D eigenvalue weighted by Crippen LogP contribution is 2.31. The largest absolute Gasteiger partial charge is 0.490 e. The molecule has 9 nitrogen and oxygen atoms in total. The average molecular weight is 575 g/mol. The van der Waals surface area contributed by atoms with Gasteiger partial charge in [0.1, 0.15) is 5.01 Å². The predicted octanol–water partition coefficient (Wildman–Crippen LogP) is 4.54. The van der Waals surface area contributed by atoms with E-state index in [-0.39, 0.29) is 0 Å². The number of aliphatic carboxylic acids is 2. The van der Waals surface area contributed by atoms with Crippen molar-refractivity contribution in [1.82, 2.24) is 19.7 Å². The van der Waals surface area contributed by atoms with Crippen LogP contribution in [0.2, 0.25) is 0 Å². The van der Waals surface area contributed by atoms with Gasteiger partial charge in [0, 0.05) is 56.0 Å². The van der Waals surface area contributed by atoms with E-state index in [1.165, 1.54) is 41.9 Å². The summed E-state index contributed by atoms with van der Waals surface area (Å²) in [5.74, 6) is -4.33. The number of hydrogen-bond acceptors (Lipinski definition) is 7. The van der Waals surface area contributed by atoms with E-state index < -0.39 is 24.3 Å². The monoisotopic (exact) mass is 574 g/mol. The molecule has 1 aliphatic carbocycles. The molecule has 4 rings (SSSR count). The van der Waals surface area contributed by atoms with Crippen molar-refractivity contribution in [3.05, 3.63) is 34.0 Å². The van der Waals surface area contributed by atoms with Gasteiger partial charge < -0.3 is 14.9 Å². The number of alkyl halides is 6. The number of carboxylic acids is 2. The Balaban J connectivity index is 0.000000301. The second-order valence-corrected chi connectivity index (χ2v) is 9.74. The molecule has 0 spiro atoms. The first-order chi connectivity index (χ1) is 17.7. The van der Waals surface area contributed by atoms with E-state index in [2.05, 4.69) is 26.1 Å². The molecule has 16 heteroatoms. The Kier molecular flexibility index (Phi) is 11.5. The third-order valence-electron chi connectivity index (χ3n) is 5.74. The molecule has 2 aromatic rings. The van der Waals surface area contributed by atoms with Crippen molar-refractivity contribution in [2.45, 2.75) is 63.6 Å². The number of thiazole rings is 1. The van der Waals surface area contributed by atoms with Gasteiger partial charge in [-0.2, -0.15) is 31.4 Å². The fourth-order valence-electron chi connectivity index (χ4n) is 4.17. The standard InChI is InChI=1S/C18H26N4OS.2C2HF3O2/c1-23-13-16-10-21(12-17-19-6-7-24-17)9-15-11-22(20-18(15)16)8-14-4-2-3-5-14;2*3-2(4,5)1(6)7/h6-7,11,14,16H,2-5,8-10,12-13H2,1H3;2*(H,6,7). The lowest BCUT2D eigenvalue weighted by molar-refractivity contribution is -0.193. The van der Waals surface area contributed by atoms with Crippen LogP contribution in [-0.2, 0) is 34.0 Å². The molecule has 2 aromatic heterocycles. The van der Waals surface area contributed by atoms with Gasteiger partial charge in [-0.15, -0.1) is 11.3 Å². The summed E-state index contributed by atoms with van der Waals surface area (Å²) in [6.45, 7) is 4.72. The van der Waals surface area contributed by atoms with Crippen LogP contribution in [0.4, 0.5) is 26.3 Å². The minimum Gasteiger partial charge on any atom is -0.475 e. The second-order valence-electron chi connectivity index (χ2n) is 8.77. The van der Waals surface area contributed by atoms with Gasteiger partial charge in [-0.1, -0.05) is 12.8 Å². The van der Waals surface area contributed by atoms with Crippen molar-refractivity contribution >= 4 is 23.3 Å². The Hall–Kier alpha value is -2.72. The molecule has 1 aliphatic heterocycles. The minimum atomic E-state index is -5.08. The Morgan fingerprint density at radius 3 is 2.16 bits per heavy atom. The maximum Gasteiger partial charge on any atom is 0.490 e. The van der Waals surface area contributed by atoms with Crippen molar-refractivity contribution < 1.29 is 50.9 Å². The van der Waals surface area contributed by atoms with Crippen LogP contribution in [0.5, 0.6) is 0 Å². The SMILES string of the molecule is COCC1CN(Cc2nccs2)Cc2cn(CC3CCCC3)nc21.O=C(O)C(F)(F)F.O=C(O)C(F)(F)F. The van der Waals surface area contributed by atoms with E-state index in [0.717, 1.165) is 38.7 Å². The Bertz CT molecular complexity index is 999. The zero-order valence-corrected chi connectivity index (χ0v) is 21.2. The first-order valence-electron chi connectivity index (χ1n) is 11.5. The average Bonchev–Trinajstić information content (AvgIpc) is 3.56. The van der Waals surface area contributed by atoms with Gasteiger partial charge in [0.05, 0.1) is 18.8 Å². The van der Waals surface area contributed by atoms with E-state index in [0.29, 0.717) is 5.92 Å².